The molecule has 1 aliphatic rings. The van der Waals surface area contributed by atoms with Gasteiger partial charge in [-0.15, -0.1) is 10.2 Å². The lowest BCUT2D eigenvalue weighted by atomic mass is 10.4. The van der Waals surface area contributed by atoms with Crippen LogP contribution in [0.3, 0.4) is 0 Å². The second kappa shape index (κ2) is 6.21. The number of rotatable bonds is 5. The van der Waals surface area contributed by atoms with Crippen LogP contribution < -0.4 is 10.2 Å². The normalized spacial score (nSPS) is 14.7. The van der Waals surface area contributed by atoms with Crippen LogP contribution >= 0.6 is 11.6 Å². The molecule has 1 saturated heterocycles. The standard InChI is InChI=1S/C12H17ClN8/c1-20-8-15-19-9(20)4-5-14-11-16-10(13)17-12(18-11)21-6-2-3-7-21/h8H,2-7H2,1H3,(H,14,16,17,18). The number of hydrogen-bond acceptors (Lipinski definition) is 7. The number of anilines is 2. The fourth-order valence-electron chi connectivity index (χ4n) is 2.30. The Balaban J connectivity index is 1.63. The molecule has 8 nitrogen and oxygen atoms in total. The Morgan fingerprint density at radius 3 is 2.76 bits per heavy atom. The predicted octanol–water partition coefficient (Wildman–Crippen LogP) is 0.908. The first-order valence-electron chi connectivity index (χ1n) is 6.95. The summed E-state index contributed by atoms with van der Waals surface area (Å²) in [7, 11) is 1.92. The van der Waals surface area contributed by atoms with Crippen LogP contribution in [-0.2, 0) is 13.5 Å². The second-order valence-electron chi connectivity index (χ2n) is 4.96. The maximum atomic E-state index is 5.98. The van der Waals surface area contributed by atoms with Crippen molar-refractivity contribution in [3.05, 3.63) is 17.4 Å². The average molecular weight is 309 g/mol. The minimum absolute atomic E-state index is 0.216. The number of halogens is 1. The van der Waals surface area contributed by atoms with Gasteiger partial charge in [0.1, 0.15) is 12.2 Å². The SMILES string of the molecule is Cn1cnnc1CCNc1nc(Cl)nc(N2CCCC2)n1. The molecule has 2 aromatic heterocycles. The molecule has 0 bridgehead atoms. The molecule has 1 aliphatic heterocycles. The van der Waals surface area contributed by atoms with Crippen LogP contribution in [-0.4, -0.2) is 49.4 Å². The van der Waals surface area contributed by atoms with E-state index >= 15 is 0 Å². The van der Waals surface area contributed by atoms with Gasteiger partial charge in [0.2, 0.25) is 17.2 Å². The van der Waals surface area contributed by atoms with Gasteiger partial charge >= 0.3 is 0 Å². The van der Waals surface area contributed by atoms with E-state index in [9.17, 15) is 0 Å². The number of hydrogen-bond donors (Lipinski definition) is 1. The minimum Gasteiger partial charge on any atom is -0.354 e. The van der Waals surface area contributed by atoms with E-state index in [1.165, 1.54) is 0 Å². The van der Waals surface area contributed by atoms with E-state index in [1.54, 1.807) is 6.33 Å². The van der Waals surface area contributed by atoms with Gasteiger partial charge in [0, 0.05) is 33.1 Å². The zero-order chi connectivity index (χ0) is 14.7. The molecule has 0 unspecified atom stereocenters. The van der Waals surface area contributed by atoms with Crippen LogP contribution in [0, 0.1) is 0 Å². The van der Waals surface area contributed by atoms with Gasteiger partial charge in [-0.1, -0.05) is 0 Å². The van der Waals surface area contributed by atoms with Crippen LogP contribution in [0.15, 0.2) is 6.33 Å². The Hall–Kier alpha value is -1.96. The smallest absolute Gasteiger partial charge is 0.231 e. The van der Waals surface area contributed by atoms with Gasteiger partial charge in [-0.25, -0.2) is 0 Å². The summed E-state index contributed by atoms with van der Waals surface area (Å²) >= 11 is 5.98. The molecule has 0 aliphatic carbocycles. The molecular weight excluding hydrogens is 292 g/mol. The van der Waals surface area contributed by atoms with Crippen molar-refractivity contribution >= 4 is 23.5 Å². The molecule has 2 aromatic rings. The molecule has 9 heteroatoms. The molecule has 112 valence electrons. The van der Waals surface area contributed by atoms with E-state index in [4.69, 9.17) is 11.6 Å². The predicted molar refractivity (Wildman–Crippen MR) is 79.5 cm³/mol. The van der Waals surface area contributed by atoms with Gasteiger partial charge in [-0.3, -0.25) is 0 Å². The van der Waals surface area contributed by atoms with E-state index in [0.717, 1.165) is 38.2 Å². The third kappa shape index (κ3) is 3.38. The maximum Gasteiger partial charge on any atom is 0.231 e. The Morgan fingerprint density at radius 2 is 2.05 bits per heavy atom. The lowest BCUT2D eigenvalue weighted by molar-refractivity contribution is 0.784. The van der Waals surface area contributed by atoms with Crippen LogP contribution in [0.5, 0.6) is 0 Å². The fourth-order valence-corrected chi connectivity index (χ4v) is 2.45. The first-order valence-corrected chi connectivity index (χ1v) is 7.33. The number of aryl methyl sites for hydroxylation is 1. The van der Waals surface area contributed by atoms with E-state index in [1.807, 2.05) is 11.6 Å². The van der Waals surface area contributed by atoms with Gasteiger partial charge in [0.05, 0.1) is 0 Å². The highest BCUT2D eigenvalue weighted by molar-refractivity contribution is 6.28. The van der Waals surface area contributed by atoms with Crippen molar-refractivity contribution in [1.29, 1.82) is 0 Å². The van der Waals surface area contributed by atoms with E-state index in [0.29, 0.717) is 18.4 Å². The number of nitrogens with one attached hydrogen (secondary N) is 1. The zero-order valence-corrected chi connectivity index (χ0v) is 12.6. The Bertz CT molecular complexity index is 607. The number of aromatic nitrogens is 6. The molecule has 0 aromatic carbocycles. The molecule has 1 fully saturated rings. The summed E-state index contributed by atoms with van der Waals surface area (Å²) in [5.74, 6) is 2.05. The Kier molecular flexibility index (Phi) is 4.14. The van der Waals surface area contributed by atoms with Crippen molar-refractivity contribution in [2.45, 2.75) is 19.3 Å². The Morgan fingerprint density at radius 1 is 1.24 bits per heavy atom. The summed E-state index contributed by atoms with van der Waals surface area (Å²) in [6.45, 7) is 2.60. The van der Waals surface area contributed by atoms with Gasteiger partial charge in [-0.2, -0.15) is 15.0 Å². The summed E-state index contributed by atoms with van der Waals surface area (Å²) < 4.78 is 1.89. The monoisotopic (exact) mass is 308 g/mol. The first-order chi connectivity index (χ1) is 10.2. The molecule has 0 saturated carbocycles. The molecule has 0 amide bonds. The summed E-state index contributed by atoms with van der Waals surface area (Å²) in [5, 5.41) is 11.3. The summed E-state index contributed by atoms with van der Waals surface area (Å²) in [6, 6.07) is 0. The molecule has 3 heterocycles. The maximum absolute atomic E-state index is 5.98. The summed E-state index contributed by atoms with van der Waals surface area (Å²) in [5.41, 5.74) is 0. The summed E-state index contributed by atoms with van der Waals surface area (Å²) in [4.78, 5) is 14.8. The summed E-state index contributed by atoms with van der Waals surface area (Å²) in [6.07, 6.45) is 4.75. The largest absolute Gasteiger partial charge is 0.354 e. The van der Waals surface area contributed by atoms with E-state index < -0.39 is 0 Å². The molecule has 0 atom stereocenters. The molecule has 0 spiro atoms. The van der Waals surface area contributed by atoms with Gasteiger partial charge in [0.15, 0.2) is 0 Å². The third-order valence-electron chi connectivity index (χ3n) is 3.42. The fraction of sp³-hybridized carbons (Fsp3) is 0.583. The molecule has 1 N–H and O–H groups in total. The van der Waals surface area contributed by atoms with Crippen molar-refractivity contribution in [3.8, 4) is 0 Å². The van der Waals surface area contributed by atoms with Crippen molar-refractivity contribution in [3.63, 3.8) is 0 Å². The van der Waals surface area contributed by atoms with Crippen LogP contribution in [0.2, 0.25) is 5.28 Å². The molecule has 0 radical (unpaired) electrons. The Labute approximate surface area is 127 Å². The van der Waals surface area contributed by atoms with Crippen molar-refractivity contribution < 1.29 is 0 Å². The van der Waals surface area contributed by atoms with Crippen LogP contribution in [0.25, 0.3) is 0 Å². The average Bonchev–Trinajstić information content (AvgIpc) is 3.10. The van der Waals surface area contributed by atoms with Crippen molar-refractivity contribution in [1.82, 2.24) is 29.7 Å². The lowest BCUT2D eigenvalue weighted by Crippen LogP contribution is -2.22. The highest BCUT2D eigenvalue weighted by Crippen LogP contribution is 2.18. The van der Waals surface area contributed by atoms with Crippen molar-refractivity contribution in [2.75, 3.05) is 29.9 Å². The first kappa shape index (κ1) is 14.0. The minimum atomic E-state index is 0.216. The molecule has 3 rings (SSSR count). The quantitative estimate of drug-likeness (QED) is 0.878. The van der Waals surface area contributed by atoms with Crippen LogP contribution in [0.1, 0.15) is 18.7 Å². The lowest BCUT2D eigenvalue weighted by Gasteiger charge is -2.15. The zero-order valence-electron chi connectivity index (χ0n) is 11.8. The second-order valence-corrected chi connectivity index (χ2v) is 5.30. The van der Waals surface area contributed by atoms with Crippen LogP contribution in [0.4, 0.5) is 11.9 Å². The van der Waals surface area contributed by atoms with E-state index in [2.05, 4.69) is 35.4 Å². The molecule has 21 heavy (non-hydrogen) atoms. The van der Waals surface area contributed by atoms with Gasteiger partial charge in [-0.05, 0) is 24.4 Å². The van der Waals surface area contributed by atoms with Crippen molar-refractivity contribution in [2.24, 2.45) is 7.05 Å². The number of nitrogens with zero attached hydrogens (tertiary/aromatic N) is 7. The van der Waals surface area contributed by atoms with Gasteiger partial charge in [0.25, 0.3) is 0 Å². The van der Waals surface area contributed by atoms with E-state index in [-0.39, 0.29) is 5.28 Å². The highest BCUT2D eigenvalue weighted by Gasteiger charge is 2.16. The van der Waals surface area contributed by atoms with Gasteiger partial charge < -0.3 is 14.8 Å². The third-order valence-corrected chi connectivity index (χ3v) is 3.59. The molecular formula is C12H17ClN8. The topological polar surface area (TPSA) is 84.7 Å². The highest BCUT2D eigenvalue weighted by atomic mass is 35.5.